The first-order chi connectivity index (χ1) is 7.43. The van der Waals surface area contributed by atoms with Crippen LogP contribution >= 0.6 is 0 Å². The van der Waals surface area contributed by atoms with Gasteiger partial charge in [-0.05, 0) is 24.7 Å². The van der Waals surface area contributed by atoms with Crippen molar-refractivity contribution >= 4 is 11.8 Å². The van der Waals surface area contributed by atoms with Gasteiger partial charge in [0.15, 0.2) is 0 Å². The molecule has 108 valence electrons. The van der Waals surface area contributed by atoms with Crippen molar-refractivity contribution in [3.05, 3.63) is 0 Å². The number of nitrogens with zero attached hydrogens (tertiary/aromatic N) is 1. The number of hydrogen-bond donors (Lipinski definition) is 0. The van der Waals surface area contributed by atoms with Crippen LogP contribution in [0.3, 0.4) is 0 Å². The molecule has 0 spiro atoms. The molecule has 1 saturated heterocycles. The average molecular weight is 257 g/mol. The third kappa shape index (κ3) is 4.79. The molecule has 0 aromatic carbocycles. The van der Waals surface area contributed by atoms with E-state index in [2.05, 4.69) is 13.8 Å². The lowest BCUT2D eigenvalue weighted by Crippen LogP contribution is -2.32. The van der Waals surface area contributed by atoms with Crippen molar-refractivity contribution in [3.8, 4) is 0 Å². The Bertz CT molecular complexity index is 272. The molecule has 3 heteroatoms. The molecule has 18 heavy (non-hydrogen) atoms. The van der Waals surface area contributed by atoms with Crippen molar-refractivity contribution in [1.29, 1.82) is 0 Å². The van der Waals surface area contributed by atoms with Crippen LogP contribution in [0, 0.1) is 17.8 Å². The van der Waals surface area contributed by atoms with Gasteiger partial charge in [-0.25, -0.2) is 0 Å². The topological polar surface area (TPSA) is 37.4 Å². The van der Waals surface area contributed by atoms with Crippen LogP contribution in [0.1, 0.15) is 61.8 Å². The lowest BCUT2D eigenvalue weighted by molar-refractivity contribution is -0.139. The molecule has 1 rings (SSSR count). The summed E-state index contributed by atoms with van der Waals surface area (Å²) >= 11 is 0. The molecule has 0 saturated carbocycles. The summed E-state index contributed by atoms with van der Waals surface area (Å²) in [6.07, 6.45) is 2.42. The lowest BCUT2D eigenvalue weighted by atomic mass is 9.94. The molecule has 0 aliphatic carbocycles. The SMILES string of the molecule is C.C.CC(C)CCCN1C(=O)CC(C(C)C)C1=O. The van der Waals surface area contributed by atoms with Crippen LogP contribution in [-0.2, 0) is 9.59 Å². The number of imide groups is 1. The molecular formula is C15H31NO2. The van der Waals surface area contributed by atoms with E-state index in [9.17, 15) is 9.59 Å². The molecule has 0 aromatic heterocycles. The van der Waals surface area contributed by atoms with Crippen molar-refractivity contribution in [2.45, 2.75) is 61.8 Å². The molecule has 3 nitrogen and oxygen atoms in total. The van der Waals surface area contributed by atoms with E-state index >= 15 is 0 Å². The van der Waals surface area contributed by atoms with Gasteiger partial charge < -0.3 is 0 Å². The summed E-state index contributed by atoms with van der Waals surface area (Å²) in [7, 11) is 0. The predicted octanol–water partition coefficient (Wildman–Crippen LogP) is 3.73. The zero-order valence-corrected chi connectivity index (χ0v) is 10.8. The highest BCUT2D eigenvalue weighted by atomic mass is 16.2. The number of carbonyl (C=O) groups excluding carboxylic acids is 2. The second kappa shape index (κ2) is 8.28. The van der Waals surface area contributed by atoms with Crippen LogP contribution in [0.4, 0.5) is 0 Å². The van der Waals surface area contributed by atoms with Gasteiger partial charge in [0.2, 0.25) is 11.8 Å². The second-order valence-electron chi connectivity index (χ2n) is 5.47. The van der Waals surface area contributed by atoms with Crippen molar-refractivity contribution < 1.29 is 9.59 Å². The third-order valence-electron chi connectivity index (χ3n) is 3.25. The maximum Gasteiger partial charge on any atom is 0.233 e. The van der Waals surface area contributed by atoms with Gasteiger partial charge in [0, 0.05) is 18.9 Å². The monoisotopic (exact) mass is 257 g/mol. The molecule has 0 bridgehead atoms. The maximum absolute atomic E-state index is 11.9. The van der Waals surface area contributed by atoms with Crippen LogP contribution in [-0.4, -0.2) is 23.3 Å². The zero-order valence-electron chi connectivity index (χ0n) is 10.8. The minimum atomic E-state index is -0.0773. The Morgan fingerprint density at radius 2 is 1.72 bits per heavy atom. The molecule has 1 fully saturated rings. The van der Waals surface area contributed by atoms with E-state index in [4.69, 9.17) is 0 Å². The second-order valence-corrected chi connectivity index (χ2v) is 5.47. The van der Waals surface area contributed by atoms with Crippen molar-refractivity contribution in [2.75, 3.05) is 6.54 Å². The first-order valence-corrected chi connectivity index (χ1v) is 6.27. The molecule has 0 radical (unpaired) electrons. The summed E-state index contributed by atoms with van der Waals surface area (Å²) in [4.78, 5) is 25.1. The summed E-state index contributed by atoms with van der Waals surface area (Å²) in [5.41, 5.74) is 0. The van der Waals surface area contributed by atoms with E-state index in [1.54, 1.807) is 0 Å². The first kappa shape index (κ1) is 19.5. The first-order valence-electron chi connectivity index (χ1n) is 6.27. The number of rotatable bonds is 5. The Kier molecular flexibility index (Phi) is 8.96. The van der Waals surface area contributed by atoms with E-state index < -0.39 is 0 Å². The van der Waals surface area contributed by atoms with Gasteiger partial charge in [0.05, 0.1) is 0 Å². The fourth-order valence-corrected chi connectivity index (χ4v) is 2.12. The summed E-state index contributed by atoms with van der Waals surface area (Å²) in [6.45, 7) is 8.94. The molecule has 1 atom stereocenters. The third-order valence-corrected chi connectivity index (χ3v) is 3.25. The fraction of sp³-hybridized carbons (Fsp3) is 0.867. The number of hydrogen-bond acceptors (Lipinski definition) is 2. The maximum atomic E-state index is 11.9. The van der Waals surface area contributed by atoms with Gasteiger partial charge in [0.1, 0.15) is 0 Å². The van der Waals surface area contributed by atoms with Crippen molar-refractivity contribution in [3.63, 3.8) is 0 Å². The standard InChI is InChI=1S/C13H23NO2.2CH4/c1-9(2)6-5-7-14-12(15)8-11(10(3)4)13(14)16;;/h9-11H,5-8H2,1-4H3;2*1H4. The summed E-state index contributed by atoms with van der Waals surface area (Å²) in [5.74, 6) is 0.892. The number of carbonyl (C=O) groups is 2. The van der Waals surface area contributed by atoms with Gasteiger partial charge in [-0.15, -0.1) is 0 Å². The van der Waals surface area contributed by atoms with E-state index in [-0.39, 0.29) is 38.5 Å². The Morgan fingerprint density at radius 3 is 2.11 bits per heavy atom. The smallest absolute Gasteiger partial charge is 0.233 e. The van der Waals surface area contributed by atoms with E-state index in [1.807, 2.05) is 13.8 Å². The van der Waals surface area contributed by atoms with Crippen LogP contribution < -0.4 is 0 Å². The van der Waals surface area contributed by atoms with Crippen LogP contribution in [0.5, 0.6) is 0 Å². The Balaban J connectivity index is 0. The van der Waals surface area contributed by atoms with Crippen molar-refractivity contribution in [1.82, 2.24) is 4.90 Å². The zero-order chi connectivity index (χ0) is 12.3. The Labute approximate surface area is 113 Å². The van der Waals surface area contributed by atoms with E-state index in [0.717, 1.165) is 12.8 Å². The molecule has 2 amide bonds. The van der Waals surface area contributed by atoms with Gasteiger partial charge in [0.25, 0.3) is 0 Å². The Hall–Kier alpha value is -0.860. The summed E-state index contributed by atoms with van der Waals surface area (Å²) < 4.78 is 0. The van der Waals surface area contributed by atoms with Crippen LogP contribution in [0.25, 0.3) is 0 Å². The molecule has 0 aromatic rings. The van der Waals surface area contributed by atoms with E-state index in [1.165, 1.54) is 4.90 Å². The van der Waals surface area contributed by atoms with Crippen molar-refractivity contribution in [2.24, 2.45) is 17.8 Å². The number of amides is 2. The van der Waals surface area contributed by atoms with Crippen LogP contribution in [0.2, 0.25) is 0 Å². The van der Waals surface area contributed by atoms with E-state index in [0.29, 0.717) is 18.9 Å². The molecule has 1 aliphatic rings. The minimum Gasteiger partial charge on any atom is -0.282 e. The highest BCUT2D eigenvalue weighted by Gasteiger charge is 2.39. The highest BCUT2D eigenvalue weighted by molar-refractivity contribution is 6.03. The molecular weight excluding hydrogens is 226 g/mol. The lowest BCUT2D eigenvalue weighted by Gasteiger charge is -2.16. The largest absolute Gasteiger partial charge is 0.282 e. The van der Waals surface area contributed by atoms with Gasteiger partial charge in [-0.2, -0.15) is 0 Å². The molecule has 1 aliphatic heterocycles. The van der Waals surface area contributed by atoms with Crippen LogP contribution in [0.15, 0.2) is 0 Å². The predicted molar refractivity (Wildman–Crippen MR) is 77.2 cm³/mol. The van der Waals surface area contributed by atoms with Gasteiger partial charge >= 0.3 is 0 Å². The highest BCUT2D eigenvalue weighted by Crippen LogP contribution is 2.26. The minimum absolute atomic E-state index is 0. The Morgan fingerprint density at radius 1 is 1.17 bits per heavy atom. The average Bonchev–Trinajstić information content (AvgIpc) is 2.44. The molecule has 1 heterocycles. The summed E-state index contributed by atoms with van der Waals surface area (Å²) in [5, 5.41) is 0. The fourth-order valence-electron chi connectivity index (χ4n) is 2.12. The normalized spacial score (nSPS) is 19.2. The summed E-state index contributed by atoms with van der Waals surface area (Å²) in [6, 6.07) is 0. The van der Waals surface area contributed by atoms with Gasteiger partial charge in [-0.1, -0.05) is 42.5 Å². The number of likely N-dealkylation sites (tertiary alicyclic amines) is 1. The van der Waals surface area contributed by atoms with Gasteiger partial charge in [-0.3, -0.25) is 14.5 Å². The quantitative estimate of drug-likeness (QED) is 0.704. The molecule has 1 unspecified atom stereocenters. The molecule has 0 N–H and O–H groups in total.